The molecule has 20 heavy (non-hydrogen) atoms. The van der Waals surface area contributed by atoms with E-state index >= 15 is 0 Å². The summed E-state index contributed by atoms with van der Waals surface area (Å²) in [6, 6.07) is 5.21. The highest BCUT2D eigenvalue weighted by Crippen LogP contribution is 2.37. The van der Waals surface area contributed by atoms with Crippen LogP contribution in [-0.2, 0) is 4.74 Å². The number of ether oxygens (including phenoxy) is 2. The molecular formula is C15H19NO4. The van der Waals surface area contributed by atoms with Gasteiger partial charge in [0.2, 0.25) is 6.04 Å². The number of nitrogens with zero attached hydrogens (tertiary/aromatic N) is 1. The van der Waals surface area contributed by atoms with Crippen molar-refractivity contribution in [1.82, 2.24) is 0 Å². The summed E-state index contributed by atoms with van der Waals surface area (Å²) in [5, 5.41) is 11.2. The maximum atomic E-state index is 11.2. The molecule has 1 aliphatic carbocycles. The Bertz CT molecular complexity index is 513. The fourth-order valence-electron chi connectivity index (χ4n) is 2.56. The number of allylic oxidation sites excluding steroid dienone is 1. The number of nitro groups is 1. The normalized spacial score (nSPS) is 21.7. The van der Waals surface area contributed by atoms with Gasteiger partial charge in [0.15, 0.2) is 6.79 Å². The molecule has 2 unspecified atom stereocenters. The molecule has 0 aliphatic heterocycles. The molecule has 1 aromatic rings. The van der Waals surface area contributed by atoms with Gasteiger partial charge >= 0.3 is 0 Å². The van der Waals surface area contributed by atoms with Gasteiger partial charge in [-0.1, -0.05) is 24.3 Å². The highest BCUT2D eigenvalue weighted by atomic mass is 16.7. The van der Waals surface area contributed by atoms with Gasteiger partial charge in [-0.2, -0.15) is 0 Å². The topological polar surface area (TPSA) is 61.6 Å². The molecule has 0 amide bonds. The Morgan fingerprint density at radius 1 is 1.35 bits per heavy atom. The molecule has 0 fully saturated rings. The summed E-state index contributed by atoms with van der Waals surface area (Å²) in [7, 11) is 1.55. The number of methoxy groups -OCH3 is 1. The SMILES string of the molecule is COCOc1cc(C)ccc1C1CC=CCC1[N+](=O)[O-]. The van der Waals surface area contributed by atoms with Crippen LogP contribution in [0.25, 0.3) is 0 Å². The molecule has 108 valence electrons. The van der Waals surface area contributed by atoms with Crippen molar-refractivity contribution in [2.45, 2.75) is 31.7 Å². The fraction of sp³-hybridized carbons (Fsp3) is 0.467. The molecule has 0 N–H and O–H groups in total. The van der Waals surface area contributed by atoms with E-state index in [1.807, 2.05) is 37.3 Å². The Morgan fingerprint density at radius 3 is 2.80 bits per heavy atom. The van der Waals surface area contributed by atoms with Crippen molar-refractivity contribution in [3.05, 3.63) is 51.6 Å². The van der Waals surface area contributed by atoms with Gasteiger partial charge in [-0.05, 0) is 25.0 Å². The molecule has 5 heteroatoms. The molecule has 0 spiro atoms. The van der Waals surface area contributed by atoms with Crippen molar-refractivity contribution in [1.29, 1.82) is 0 Å². The van der Waals surface area contributed by atoms with Crippen LogP contribution in [0.2, 0.25) is 0 Å². The van der Waals surface area contributed by atoms with Crippen molar-refractivity contribution >= 4 is 0 Å². The number of hydrogen-bond donors (Lipinski definition) is 0. The smallest absolute Gasteiger partial charge is 0.223 e. The van der Waals surface area contributed by atoms with E-state index in [-0.39, 0.29) is 17.6 Å². The van der Waals surface area contributed by atoms with Crippen LogP contribution in [0.4, 0.5) is 0 Å². The van der Waals surface area contributed by atoms with Crippen molar-refractivity contribution in [2.75, 3.05) is 13.9 Å². The molecule has 1 aliphatic rings. The Morgan fingerprint density at radius 2 is 2.10 bits per heavy atom. The van der Waals surface area contributed by atoms with Crippen LogP contribution in [-0.4, -0.2) is 24.9 Å². The Labute approximate surface area is 118 Å². The third-order valence-corrected chi connectivity index (χ3v) is 3.57. The van der Waals surface area contributed by atoms with E-state index in [0.29, 0.717) is 18.6 Å². The van der Waals surface area contributed by atoms with Crippen LogP contribution in [0.3, 0.4) is 0 Å². The van der Waals surface area contributed by atoms with E-state index in [1.54, 1.807) is 7.11 Å². The Balaban J connectivity index is 2.34. The summed E-state index contributed by atoms with van der Waals surface area (Å²) < 4.78 is 10.5. The molecule has 0 saturated heterocycles. The van der Waals surface area contributed by atoms with Gasteiger partial charge < -0.3 is 9.47 Å². The van der Waals surface area contributed by atoms with Gasteiger partial charge in [-0.25, -0.2) is 0 Å². The first kappa shape index (κ1) is 14.5. The van der Waals surface area contributed by atoms with Gasteiger partial charge in [0.25, 0.3) is 0 Å². The average Bonchev–Trinajstić information content (AvgIpc) is 2.45. The molecule has 0 heterocycles. The summed E-state index contributed by atoms with van der Waals surface area (Å²) in [5.74, 6) is 0.529. The second kappa shape index (κ2) is 6.52. The molecule has 0 aromatic heterocycles. The number of aryl methyl sites for hydroxylation is 1. The van der Waals surface area contributed by atoms with Crippen LogP contribution in [0, 0.1) is 17.0 Å². The monoisotopic (exact) mass is 277 g/mol. The first-order valence-corrected chi connectivity index (χ1v) is 6.64. The van der Waals surface area contributed by atoms with E-state index < -0.39 is 6.04 Å². The molecular weight excluding hydrogens is 258 g/mol. The summed E-state index contributed by atoms with van der Waals surface area (Å²) in [6.45, 7) is 2.11. The molecule has 0 saturated carbocycles. The molecule has 0 bridgehead atoms. The average molecular weight is 277 g/mol. The van der Waals surface area contributed by atoms with Gasteiger partial charge in [0.1, 0.15) is 5.75 Å². The second-order valence-corrected chi connectivity index (χ2v) is 4.99. The number of benzene rings is 1. The lowest BCUT2D eigenvalue weighted by Gasteiger charge is -2.24. The summed E-state index contributed by atoms with van der Waals surface area (Å²) in [4.78, 5) is 11.1. The lowest BCUT2D eigenvalue weighted by atomic mass is 9.83. The maximum Gasteiger partial charge on any atom is 0.223 e. The lowest BCUT2D eigenvalue weighted by Crippen LogP contribution is -2.29. The van der Waals surface area contributed by atoms with Gasteiger partial charge in [-0.15, -0.1) is 0 Å². The van der Waals surface area contributed by atoms with Crippen LogP contribution < -0.4 is 4.74 Å². The molecule has 2 rings (SSSR count). The third-order valence-electron chi connectivity index (χ3n) is 3.57. The van der Waals surface area contributed by atoms with Crippen LogP contribution in [0.1, 0.15) is 29.9 Å². The molecule has 1 aromatic carbocycles. The Hall–Kier alpha value is -1.88. The van der Waals surface area contributed by atoms with E-state index in [4.69, 9.17) is 9.47 Å². The van der Waals surface area contributed by atoms with Gasteiger partial charge in [0, 0.05) is 24.0 Å². The van der Waals surface area contributed by atoms with E-state index in [9.17, 15) is 10.1 Å². The van der Waals surface area contributed by atoms with E-state index in [0.717, 1.165) is 11.1 Å². The van der Waals surface area contributed by atoms with Crippen LogP contribution in [0.15, 0.2) is 30.4 Å². The molecule has 0 radical (unpaired) electrons. The van der Waals surface area contributed by atoms with E-state index in [2.05, 4.69) is 0 Å². The van der Waals surface area contributed by atoms with E-state index in [1.165, 1.54) is 0 Å². The highest BCUT2D eigenvalue weighted by Gasteiger charge is 2.34. The minimum absolute atomic E-state index is 0.141. The number of hydrogen-bond acceptors (Lipinski definition) is 4. The van der Waals surface area contributed by atoms with Gasteiger partial charge in [0.05, 0.1) is 5.92 Å². The minimum atomic E-state index is -0.590. The zero-order valence-electron chi connectivity index (χ0n) is 11.7. The van der Waals surface area contributed by atoms with Crippen molar-refractivity contribution in [3.63, 3.8) is 0 Å². The maximum absolute atomic E-state index is 11.2. The summed E-state index contributed by atoms with van der Waals surface area (Å²) in [5.41, 5.74) is 1.95. The zero-order chi connectivity index (χ0) is 14.5. The highest BCUT2D eigenvalue weighted by molar-refractivity contribution is 5.41. The second-order valence-electron chi connectivity index (χ2n) is 4.99. The predicted molar refractivity (Wildman–Crippen MR) is 75.6 cm³/mol. The summed E-state index contributed by atoms with van der Waals surface area (Å²) in [6.07, 6.45) is 5.02. The van der Waals surface area contributed by atoms with Crippen molar-refractivity contribution in [3.8, 4) is 5.75 Å². The van der Waals surface area contributed by atoms with Crippen LogP contribution in [0.5, 0.6) is 5.75 Å². The first-order valence-electron chi connectivity index (χ1n) is 6.64. The lowest BCUT2D eigenvalue weighted by molar-refractivity contribution is -0.526. The molecule has 5 nitrogen and oxygen atoms in total. The largest absolute Gasteiger partial charge is 0.467 e. The van der Waals surface area contributed by atoms with Crippen molar-refractivity contribution < 1.29 is 14.4 Å². The fourth-order valence-corrected chi connectivity index (χ4v) is 2.56. The quantitative estimate of drug-likeness (QED) is 0.359. The minimum Gasteiger partial charge on any atom is -0.467 e. The zero-order valence-corrected chi connectivity index (χ0v) is 11.7. The predicted octanol–water partition coefficient (Wildman–Crippen LogP) is 3.06. The number of rotatable bonds is 5. The van der Waals surface area contributed by atoms with Crippen molar-refractivity contribution in [2.24, 2.45) is 0 Å². The first-order chi connectivity index (χ1) is 9.63. The molecule has 2 atom stereocenters. The standard InChI is InChI=1S/C15H19NO4/c1-11-7-8-13(15(9-11)20-10-19-2)12-5-3-4-6-14(12)16(17)18/h3-4,7-9,12,14H,5-6,10H2,1-2H3. The van der Waals surface area contributed by atoms with Gasteiger partial charge in [-0.3, -0.25) is 10.1 Å². The summed E-state index contributed by atoms with van der Waals surface area (Å²) >= 11 is 0. The van der Waals surface area contributed by atoms with Crippen LogP contribution >= 0.6 is 0 Å². The third kappa shape index (κ3) is 3.17. The Kier molecular flexibility index (Phi) is 4.74.